The molecule has 72 valence electrons. The predicted molar refractivity (Wildman–Crippen MR) is 52.4 cm³/mol. The topological polar surface area (TPSA) is 12.9 Å². The predicted octanol–water partition coefficient (Wildman–Crippen LogP) is 3.21. The maximum absolute atomic E-state index is 13.7. The van der Waals surface area contributed by atoms with Crippen LogP contribution in [0.1, 0.15) is 43.5 Å². The van der Waals surface area contributed by atoms with Gasteiger partial charge in [-0.3, -0.25) is 4.98 Å². The monoisotopic (exact) mass is 181 g/mol. The summed E-state index contributed by atoms with van der Waals surface area (Å²) in [5.41, 5.74) is 2.34. The molecule has 0 bridgehead atoms. The SMILES string of the molecule is CCc1c(C)cnc(C(C)C)c1F. The van der Waals surface area contributed by atoms with Gasteiger partial charge >= 0.3 is 0 Å². The maximum Gasteiger partial charge on any atom is 0.148 e. The summed E-state index contributed by atoms with van der Waals surface area (Å²) in [7, 11) is 0. The first-order valence-electron chi connectivity index (χ1n) is 4.71. The molecule has 0 aliphatic carbocycles. The Kier molecular flexibility index (Phi) is 3.02. The number of halogens is 1. The quantitative estimate of drug-likeness (QED) is 0.682. The second-order valence-corrected chi connectivity index (χ2v) is 3.63. The second-order valence-electron chi connectivity index (χ2n) is 3.63. The lowest BCUT2D eigenvalue weighted by Gasteiger charge is -2.10. The van der Waals surface area contributed by atoms with Crippen LogP contribution in [0.25, 0.3) is 0 Å². The van der Waals surface area contributed by atoms with Crippen LogP contribution >= 0.6 is 0 Å². The Morgan fingerprint density at radius 1 is 1.46 bits per heavy atom. The van der Waals surface area contributed by atoms with Crippen LogP contribution in [0.15, 0.2) is 6.20 Å². The van der Waals surface area contributed by atoms with Gasteiger partial charge in [0.15, 0.2) is 0 Å². The van der Waals surface area contributed by atoms with Crippen molar-refractivity contribution < 1.29 is 4.39 Å². The lowest BCUT2D eigenvalue weighted by atomic mass is 10.0. The molecule has 0 radical (unpaired) electrons. The third-order valence-corrected chi connectivity index (χ3v) is 2.26. The average molecular weight is 181 g/mol. The third kappa shape index (κ3) is 1.87. The molecular formula is C11H16FN. The van der Waals surface area contributed by atoms with E-state index in [9.17, 15) is 4.39 Å². The fourth-order valence-electron chi connectivity index (χ4n) is 1.47. The normalized spacial score (nSPS) is 10.9. The molecule has 0 spiro atoms. The van der Waals surface area contributed by atoms with Gasteiger partial charge < -0.3 is 0 Å². The standard InChI is InChI=1S/C11H16FN/c1-5-9-8(4)6-13-11(7(2)3)10(9)12/h6-7H,5H2,1-4H3. The molecule has 0 aliphatic rings. The third-order valence-electron chi connectivity index (χ3n) is 2.26. The summed E-state index contributed by atoms with van der Waals surface area (Å²) in [6.45, 7) is 7.79. The zero-order chi connectivity index (χ0) is 10.0. The Bertz CT molecular complexity index is 305. The fourth-order valence-corrected chi connectivity index (χ4v) is 1.47. The molecule has 1 heterocycles. The number of hydrogen-bond donors (Lipinski definition) is 0. The first-order chi connectivity index (χ1) is 6.07. The Morgan fingerprint density at radius 2 is 2.08 bits per heavy atom. The number of hydrogen-bond acceptors (Lipinski definition) is 1. The van der Waals surface area contributed by atoms with Gasteiger partial charge in [0.2, 0.25) is 0 Å². The highest BCUT2D eigenvalue weighted by Crippen LogP contribution is 2.21. The molecule has 0 unspecified atom stereocenters. The van der Waals surface area contributed by atoms with Gasteiger partial charge in [-0.25, -0.2) is 4.39 Å². The Hall–Kier alpha value is -0.920. The first kappa shape index (κ1) is 10.2. The molecule has 0 saturated carbocycles. The molecule has 1 nitrogen and oxygen atoms in total. The zero-order valence-corrected chi connectivity index (χ0v) is 8.69. The Labute approximate surface area is 79.0 Å². The molecule has 0 fully saturated rings. The van der Waals surface area contributed by atoms with Crippen LogP contribution in [-0.4, -0.2) is 4.98 Å². The van der Waals surface area contributed by atoms with Crippen molar-refractivity contribution in [2.24, 2.45) is 0 Å². The Balaban J connectivity index is 3.27. The van der Waals surface area contributed by atoms with Crippen LogP contribution in [-0.2, 0) is 6.42 Å². The van der Waals surface area contributed by atoms with Crippen molar-refractivity contribution in [2.45, 2.75) is 40.0 Å². The molecular weight excluding hydrogens is 165 g/mol. The minimum Gasteiger partial charge on any atom is -0.258 e. The smallest absolute Gasteiger partial charge is 0.148 e. The number of rotatable bonds is 2. The highest BCUT2D eigenvalue weighted by atomic mass is 19.1. The average Bonchev–Trinajstić information content (AvgIpc) is 2.04. The Morgan fingerprint density at radius 3 is 2.54 bits per heavy atom. The highest BCUT2D eigenvalue weighted by Gasteiger charge is 2.13. The summed E-state index contributed by atoms with van der Waals surface area (Å²) in [5.74, 6) is 0.0448. The van der Waals surface area contributed by atoms with Crippen LogP contribution in [0.2, 0.25) is 0 Å². The number of pyridine rings is 1. The van der Waals surface area contributed by atoms with Gasteiger partial charge in [-0.05, 0) is 30.4 Å². The molecule has 1 aromatic heterocycles. The van der Waals surface area contributed by atoms with E-state index in [1.54, 1.807) is 6.20 Å². The molecule has 0 aliphatic heterocycles. The van der Waals surface area contributed by atoms with Crippen LogP contribution in [0, 0.1) is 12.7 Å². The lowest BCUT2D eigenvalue weighted by molar-refractivity contribution is 0.568. The first-order valence-corrected chi connectivity index (χ1v) is 4.71. The van der Waals surface area contributed by atoms with Crippen LogP contribution in [0.5, 0.6) is 0 Å². The second kappa shape index (κ2) is 3.86. The number of nitrogens with zero attached hydrogens (tertiary/aromatic N) is 1. The number of aromatic nitrogens is 1. The lowest BCUT2D eigenvalue weighted by Crippen LogP contribution is -2.03. The highest BCUT2D eigenvalue weighted by molar-refractivity contribution is 5.28. The van der Waals surface area contributed by atoms with Crippen molar-refractivity contribution in [1.82, 2.24) is 4.98 Å². The van der Waals surface area contributed by atoms with E-state index in [0.29, 0.717) is 5.69 Å². The molecule has 0 amide bonds. The van der Waals surface area contributed by atoms with E-state index < -0.39 is 0 Å². The molecule has 0 N–H and O–H groups in total. The van der Waals surface area contributed by atoms with Crippen LogP contribution < -0.4 is 0 Å². The summed E-state index contributed by atoms with van der Waals surface area (Å²) < 4.78 is 13.7. The van der Waals surface area contributed by atoms with E-state index >= 15 is 0 Å². The summed E-state index contributed by atoms with van der Waals surface area (Å²) in [4.78, 5) is 4.11. The fraction of sp³-hybridized carbons (Fsp3) is 0.545. The van der Waals surface area contributed by atoms with Gasteiger partial charge in [0.05, 0.1) is 5.69 Å². The molecule has 13 heavy (non-hydrogen) atoms. The maximum atomic E-state index is 13.7. The van der Waals surface area contributed by atoms with Crippen molar-refractivity contribution in [3.8, 4) is 0 Å². The molecule has 1 aromatic rings. The van der Waals surface area contributed by atoms with Gasteiger partial charge in [0, 0.05) is 6.20 Å². The van der Waals surface area contributed by atoms with Crippen LogP contribution in [0.3, 0.4) is 0 Å². The van der Waals surface area contributed by atoms with E-state index in [2.05, 4.69) is 4.98 Å². The van der Waals surface area contributed by atoms with E-state index in [-0.39, 0.29) is 11.7 Å². The van der Waals surface area contributed by atoms with E-state index in [1.165, 1.54) is 0 Å². The van der Waals surface area contributed by atoms with Crippen LogP contribution in [0.4, 0.5) is 4.39 Å². The van der Waals surface area contributed by atoms with Gasteiger partial charge in [-0.15, -0.1) is 0 Å². The summed E-state index contributed by atoms with van der Waals surface area (Å²) in [5, 5.41) is 0. The zero-order valence-electron chi connectivity index (χ0n) is 8.69. The molecule has 0 atom stereocenters. The molecule has 2 heteroatoms. The molecule has 0 aromatic carbocycles. The van der Waals surface area contributed by atoms with Crippen molar-refractivity contribution in [2.75, 3.05) is 0 Å². The number of aryl methyl sites for hydroxylation is 1. The van der Waals surface area contributed by atoms with Gasteiger partial charge in [-0.1, -0.05) is 20.8 Å². The van der Waals surface area contributed by atoms with E-state index in [0.717, 1.165) is 17.5 Å². The van der Waals surface area contributed by atoms with Crippen molar-refractivity contribution in [3.05, 3.63) is 28.8 Å². The molecule has 0 saturated heterocycles. The summed E-state index contributed by atoms with van der Waals surface area (Å²) >= 11 is 0. The summed E-state index contributed by atoms with van der Waals surface area (Å²) in [6.07, 6.45) is 2.50. The van der Waals surface area contributed by atoms with Gasteiger partial charge in [0.1, 0.15) is 5.82 Å². The molecule has 1 rings (SSSR count). The van der Waals surface area contributed by atoms with E-state index in [1.807, 2.05) is 27.7 Å². The van der Waals surface area contributed by atoms with Gasteiger partial charge in [0.25, 0.3) is 0 Å². The summed E-state index contributed by atoms with van der Waals surface area (Å²) in [6, 6.07) is 0. The van der Waals surface area contributed by atoms with Gasteiger partial charge in [-0.2, -0.15) is 0 Å². The van der Waals surface area contributed by atoms with Crippen molar-refractivity contribution in [1.29, 1.82) is 0 Å². The minimum absolute atomic E-state index is 0.113. The minimum atomic E-state index is -0.113. The van der Waals surface area contributed by atoms with Crippen molar-refractivity contribution in [3.63, 3.8) is 0 Å². The van der Waals surface area contributed by atoms with E-state index in [4.69, 9.17) is 0 Å². The largest absolute Gasteiger partial charge is 0.258 e. The van der Waals surface area contributed by atoms with Crippen molar-refractivity contribution >= 4 is 0 Å².